The van der Waals surface area contributed by atoms with Gasteiger partial charge in [0.15, 0.2) is 5.60 Å². The first-order valence-corrected chi connectivity index (χ1v) is 10.3. The fourth-order valence-corrected chi connectivity index (χ4v) is 4.56. The molecular weight excluding hydrogens is 298 g/mol. The lowest BCUT2D eigenvalue weighted by atomic mass is 9.70. The Morgan fingerprint density at radius 3 is 2.25 bits per heavy atom. The van der Waals surface area contributed by atoms with E-state index in [4.69, 9.17) is 4.74 Å². The molecule has 0 amide bonds. The molecule has 0 saturated heterocycles. The first kappa shape index (κ1) is 19.3. The minimum atomic E-state index is -0.828. The van der Waals surface area contributed by atoms with E-state index in [1.54, 1.807) is 0 Å². The van der Waals surface area contributed by atoms with E-state index in [-0.39, 0.29) is 5.97 Å². The van der Waals surface area contributed by atoms with Crippen LogP contribution in [0.1, 0.15) is 103 Å². The van der Waals surface area contributed by atoms with Crippen LogP contribution in [0, 0.1) is 23.2 Å². The Kier molecular flexibility index (Phi) is 8.09. The van der Waals surface area contributed by atoms with Crippen molar-refractivity contribution in [2.75, 3.05) is 0 Å². The molecule has 2 saturated carbocycles. The average Bonchev–Trinajstić information content (AvgIpc) is 2.63. The molecule has 0 radical (unpaired) electrons. The fraction of sp³-hybridized carbons (Fsp3) is 0.905. The number of carbonyl (C=O) groups excluding carboxylic acids is 1. The molecule has 0 heterocycles. The molecule has 0 atom stereocenters. The summed E-state index contributed by atoms with van der Waals surface area (Å²) >= 11 is 0. The van der Waals surface area contributed by atoms with Crippen molar-refractivity contribution in [1.29, 1.82) is 5.26 Å². The summed E-state index contributed by atoms with van der Waals surface area (Å²) in [5.74, 6) is 1.44. The summed E-state index contributed by atoms with van der Waals surface area (Å²) in [5.41, 5.74) is -0.828. The number of nitrogens with zero attached hydrogens (tertiary/aromatic N) is 1. The number of unbranched alkanes of at least 4 members (excludes halogenated alkanes) is 4. The smallest absolute Gasteiger partial charge is 0.307 e. The fourth-order valence-electron chi connectivity index (χ4n) is 4.56. The van der Waals surface area contributed by atoms with E-state index in [1.165, 1.54) is 51.4 Å². The zero-order valence-electron chi connectivity index (χ0n) is 15.5. The monoisotopic (exact) mass is 333 g/mol. The molecule has 2 aliphatic rings. The quantitative estimate of drug-likeness (QED) is 0.409. The lowest BCUT2D eigenvalue weighted by molar-refractivity contribution is -0.158. The van der Waals surface area contributed by atoms with Gasteiger partial charge in [0.2, 0.25) is 0 Å². The SMILES string of the molecule is CCCCCCCC(=O)O[C@]1(C#N)CC[C@@H](C2CCCCC2)CC1. The normalized spacial score (nSPS) is 28.2. The summed E-state index contributed by atoms with van der Waals surface area (Å²) in [6, 6.07) is 2.34. The summed E-state index contributed by atoms with van der Waals surface area (Å²) in [5, 5.41) is 9.60. The van der Waals surface area contributed by atoms with Crippen LogP contribution in [0.2, 0.25) is 0 Å². The molecule has 2 aliphatic carbocycles. The van der Waals surface area contributed by atoms with Gasteiger partial charge < -0.3 is 4.74 Å². The van der Waals surface area contributed by atoms with Gasteiger partial charge in [-0.3, -0.25) is 4.79 Å². The number of hydrogen-bond acceptors (Lipinski definition) is 3. The van der Waals surface area contributed by atoms with Crippen LogP contribution in [-0.2, 0) is 9.53 Å². The van der Waals surface area contributed by atoms with E-state index in [1.807, 2.05) is 0 Å². The predicted octanol–water partition coefficient (Wildman–Crippen LogP) is 5.92. The second kappa shape index (κ2) is 10.1. The number of nitriles is 1. The second-order valence-electron chi connectivity index (χ2n) is 7.98. The second-order valence-corrected chi connectivity index (χ2v) is 7.98. The van der Waals surface area contributed by atoms with Crippen LogP contribution in [0.15, 0.2) is 0 Å². The van der Waals surface area contributed by atoms with Crippen molar-refractivity contribution in [1.82, 2.24) is 0 Å². The van der Waals surface area contributed by atoms with Crippen molar-refractivity contribution < 1.29 is 9.53 Å². The third-order valence-electron chi connectivity index (χ3n) is 6.15. The molecule has 0 aromatic rings. The van der Waals surface area contributed by atoms with Gasteiger partial charge in [-0.05, 0) is 31.1 Å². The topological polar surface area (TPSA) is 50.1 Å². The number of hydrogen-bond donors (Lipinski definition) is 0. The van der Waals surface area contributed by atoms with Gasteiger partial charge in [-0.2, -0.15) is 5.26 Å². The van der Waals surface area contributed by atoms with Crippen molar-refractivity contribution in [3.05, 3.63) is 0 Å². The maximum Gasteiger partial charge on any atom is 0.307 e. The molecule has 0 unspecified atom stereocenters. The zero-order chi connectivity index (χ0) is 17.3. The third-order valence-corrected chi connectivity index (χ3v) is 6.15. The van der Waals surface area contributed by atoms with Crippen LogP contribution >= 0.6 is 0 Å². The van der Waals surface area contributed by atoms with Crippen LogP contribution in [0.5, 0.6) is 0 Å². The van der Waals surface area contributed by atoms with Crippen molar-refractivity contribution in [2.45, 2.75) is 109 Å². The first-order chi connectivity index (χ1) is 11.7. The Morgan fingerprint density at radius 1 is 1.00 bits per heavy atom. The van der Waals surface area contributed by atoms with Gasteiger partial charge in [0.05, 0.1) is 0 Å². The van der Waals surface area contributed by atoms with E-state index in [2.05, 4.69) is 13.0 Å². The summed E-state index contributed by atoms with van der Waals surface area (Å²) in [6.07, 6.45) is 16.6. The van der Waals surface area contributed by atoms with Crippen LogP contribution in [0.25, 0.3) is 0 Å². The van der Waals surface area contributed by atoms with Crippen molar-refractivity contribution in [3.8, 4) is 6.07 Å². The van der Waals surface area contributed by atoms with Crippen LogP contribution < -0.4 is 0 Å². The van der Waals surface area contributed by atoms with Gasteiger partial charge in [-0.1, -0.05) is 64.7 Å². The van der Waals surface area contributed by atoms with Gasteiger partial charge in [-0.15, -0.1) is 0 Å². The lowest BCUT2D eigenvalue weighted by Crippen LogP contribution is -2.39. The van der Waals surface area contributed by atoms with Crippen molar-refractivity contribution >= 4 is 5.97 Å². The van der Waals surface area contributed by atoms with Gasteiger partial charge in [0.1, 0.15) is 6.07 Å². The van der Waals surface area contributed by atoms with E-state index in [0.29, 0.717) is 6.42 Å². The van der Waals surface area contributed by atoms with Gasteiger partial charge in [0.25, 0.3) is 0 Å². The number of ether oxygens (including phenoxy) is 1. The van der Waals surface area contributed by atoms with Gasteiger partial charge in [-0.25, -0.2) is 0 Å². The Balaban J connectivity index is 1.72. The van der Waals surface area contributed by atoms with Crippen LogP contribution in [-0.4, -0.2) is 11.6 Å². The molecule has 3 nitrogen and oxygen atoms in total. The minimum Gasteiger partial charge on any atom is -0.444 e. The summed E-state index contributed by atoms with van der Waals surface area (Å²) in [4.78, 5) is 12.1. The number of rotatable bonds is 8. The third kappa shape index (κ3) is 5.80. The van der Waals surface area contributed by atoms with Crippen LogP contribution in [0.3, 0.4) is 0 Å². The molecule has 0 aromatic carbocycles. The standard InChI is InChI=1S/C21H35NO2/c1-2-3-4-5-9-12-20(23)24-21(17-22)15-13-19(14-16-21)18-10-7-6-8-11-18/h18-19H,2-16H2,1H3/t19-,21-. The molecular formula is C21H35NO2. The lowest BCUT2D eigenvalue weighted by Gasteiger charge is -2.39. The summed E-state index contributed by atoms with van der Waals surface area (Å²) < 4.78 is 5.67. The largest absolute Gasteiger partial charge is 0.444 e. The Hall–Kier alpha value is -1.04. The maximum atomic E-state index is 12.1. The molecule has 3 heteroatoms. The Morgan fingerprint density at radius 2 is 1.62 bits per heavy atom. The molecule has 2 rings (SSSR count). The first-order valence-electron chi connectivity index (χ1n) is 10.3. The highest BCUT2D eigenvalue weighted by molar-refractivity contribution is 5.70. The molecule has 2 fully saturated rings. The van der Waals surface area contributed by atoms with Crippen molar-refractivity contribution in [2.24, 2.45) is 11.8 Å². The van der Waals surface area contributed by atoms with Crippen molar-refractivity contribution in [3.63, 3.8) is 0 Å². The van der Waals surface area contributed by atoms with E-state index in [0.717, 1.165) is 50.4 Å². The summed E-state index contributed by atoms with van der Waals surface area (Å²) in [6.45, 7) is 2.19. The van der Waals surface area contributed by atoms with Gasteiger partial charge >= 0.3 is 5.97 Å². The van der Waals surface area contributed by atoms with Crippen LogP contribution in [0.4, 0.5) is 0 Å². The highest BCUT2D eigenvalue weighted by Crippen LogP contribution is 2.42. The Labute approximate surface area is 148 Å². The van der Waals surface area contributed by atoms with E-state index >= 15 is 0 Å². The van der Waals surface area contributed by atoms with E-state index < -0.39 is 5.60 Å². The highest BCUT2D eigenvalue weighted by atomic mass is 16.6. The average molecular weight is 334 g/mol. The highest BCUT2D eigenvalue weighted by Gasteiger charge is 2.40. The number of carbonyl (C=O) groups is 1. The molecule has 24 heavy (non-hydrogen) atoms. The Bertz CT molecular complexity index is 412. The molecule has 0 N–H and O–H groups in total. The maximum absolute atomic E-state index is 12.1. The zero-order valence-corrected chi connectivity index (χ0v) is 15.5. The van der Waals surface area contributed by atoms with Gasteiger partial charge in [0, 0.05) is 19.3 Å². The number of esters is 1. The molecule has 0 aromatic heterocycles. The molecule has 0 spiro atoms. The molecule has 0 aliphatic heterocycles. The predicted molar refractivity (Wildman–Crippen MR) is 96.3 cm³/mol. The molecule has 0 bridgehead atoms. The summed E-state index contributed by atoms with van der Waals surface area (Å²) in [7, 11) is 0. The minimum absolute atomic E-state index is 0.163. The van der Waals surface area contributed by atoms with E-state index in [9.17, 15) is 10.1 Å². The molecule has 136 valence electrons.